The first-order valence-electron chi connectivity index (χ1n) is 36.6. The fraction of sp³-hybridized carbons (Fsp3) is 0.453. The van der Waals surface area contributed by atoms with Gasteiger partial charge in [0.25, 0.3) is 0 Å². The van der Waals surface area contributed by atoms with Crippen molar-refractivity contribution in [3.63, 3.8) is 0 Å². The van der Waals surface area contributed by atoms with Crippen LogP contribution in [0.25, 0.3) is 21.7 Å². The molecule has 0 aliphatic carbocycles. The lowest BCUT2D eigenvalue weighted by atomic mass is 9.91. The van der Waals surface area contributed by atoms with Gasteiger partial charge in [-0.3, -0.25) is 81.5 Å². The van der Waals surface area contributed by atoms with Gasteiger partial charge in [-0.2, -0.15) is 11.8 Å². The van der Waals surface area contributed by atoms with Crippen LogP contribution in [-0.2, 0) is 101 Å². The molecule has 39 heteroatoms. The van der Waals surface area contributed by atoms with E-state index in [1.54, 1.807) is 91.1 Å². The minimum Gasteiger partial charge on any atom is -0.497 e. The monoisotopic (exact) mass is 1600 g/mol. The minimum absolute atomic E-state index is 0.0924. The highest BCUT2D eigenvalue weighted by molar-refractivity contribution is 7.99. The zero-order valence-electron chi connectivity index (χ0n) is 63.4. The molecule has 16 amide bonds. The van der Waals surface area contributed by atoms with E-state index >= 15 is 19.2 Å². The van der Waals surface area contributed by atoms with E-state index in [0.29, 0.717) is 38.7 Å². The second-order valence-corrected chi connectivity index (χ2v) is 28.8. The molecule has 0 radical (unpaired) electrons. The van der Waals surface area contributed by atoms with Crippen LogP contribution >= 0.6 is 11.8 Å². The number of primary amides is 4. The first-order valence-corrected chi connectivity index (χ1v) is 37.8. The maximum atomic E-state index is 15.6. The standard InChI is InChI=1S/C75H100N18O20S/c1-39(94)63-73(111)89-55(34-45-36-81-48-14-8-7-13-47(45)48)70(108)85-49(21-24-58(77)96)65(103)90-57(38-114-30-27-52(83-40(2)95)67(105)84-50(68(106)92-63)22-25-59(78)97)71(109)86-53(32-41-16-19-46(113-4)20-17-41)69(107)87-54(33-42-15-18-43-11-5-6-12-44(43)31-42)72(110)93-75(3,28-9-10-29-76)74(112)91-51(23-26-62(100)101)66(104)88-56(35-60(79)98)64(102)82-37-61(80)99/h5-8,11-20,31,36,39,49-57,63,81,94H,9-10,21-30,32-35,37-38,76H2,1-4H3,(H2,77,96)(H2,78,97)(H2,79,98)(H2,80,99)(H,82,102)(H,83,95)(H,84,105)(H,85,108)(H,86,109)(H,87,107)(H,88,104)(H,89,111)(H,90,103)(H,91,112)(H,92,106)(H,93,110)(H,100,101)/t39-,49+,50+,51+,52+,53+,54+,55+,56+,57+,63+,75+/m1/s1. The third-order valence-electron chi connectivity index (χ3n) is 18.5. The Labute approximate surface area is 659 Å². The second-order valence-electron chi connectivity index (χ2n) is 27.7. The Hall–Kier alpha value is -12.3. The number of hydrogen-bond donors (Lipinski definition) is 20. The van der Waals surface area contributed by atoms with Gasteiger partial charge in [0.05, 0.1) is 26.2 Å². The van der Waals surface area contributed by atoms with Crippen molar-refractivity contribution in [2.24, 2.45) is 28.7 Å². The third kappa shape index (κ3) is 28.8. The molecule has 114 heavy (non-hydrogen) atoms. The van der Waals surface area contributed by atoms with Crippen molar-refractivity contribution in [1.82, 2.24) is 68.8 Å². The number of fused-ring (bicyclic) bond motifs is 2. The predicted molar refractivity (Wildman–Crippen MR) is 414 cm³/mol. The number of carbonyl (C=O) groups is 17. The van der Waals surface area contributed by atoms with E-state index in [4.69, 9.17) is 33.4 Å². The van der Waals surface area contributed by atoms with Crippen molar-refractivity contribution in [2.45, 2.75) is 183 Å². The third-order valence-corrected chi connectivity index (χ3v) is 19.6. The number of aliphatic hydroxyl groups is 1. The maximum absolute atomic E-state index is 15.6. The number of aromatic nitrogens is 1. The Morgan fingerprint density at radius 1 is 0.623 bits per heavy atom. The average molecular weight is 1610 g/mol. The molecule has 1 aliphatic heterocycles. The van der Waals surface area contributed by atoms with Crippen LogP contribution in [0.3, 0.4) is 0 Å². The Morgan fingerprint density at radius 2 is 1.21 bits per heavy atom. The van der Waals surface area contributed by atoms with Crippen molar-refractivity contribution >= 4 is 134 Å². The van der Waals surface area contributed by atoms with Gasteiger partial charge in [0.15, 0.2) is 0 Å². The maximum Gasteiger partial charge on any atom is 0.303 e. The van der Waals surface area contributed by atoms with Crippen LogP contribution in [-0.4, -0.2) is 219 Å². The van der Waals surface area contributed by atoms with Crippen molar-refractivity contribution in [1.29, 1.82) is 0 Å². The van der Waals surface area contributed by atoms with Crippen molar-refractivity contribution < 1.29 is 96.5 Å². The summed E-state index contributed by atoms with van der Waals surface area (Å²) in [5.74, 6) is -18.3. The van der Waals surface area contributed by atoms with Gasteiger partial charge in [0, 0.05) is 68.3 Å². The number of aromatic amines is 1. The van der Waals surface area contributed by atoms with E-state index in [0.717, 1.165) is 31.0 Å². The molecule has 25 N–H and O–H groups in total. The highest BCUT2D eigenvalue weighted by Crippen LogP contribution is 2.23. The van der Waals surface area contributed by atoms with Gasteiger partial charge < -0.3 is 112 Å². The largest absolute Gasteiger partial charge is 0.497 e. The predicted octanol–water partition coefficient (Wildman–Crippen LogP) is -4.38. The molecule has 0 saturated carbocycles. The molecule has 1 aromatic heterocycles. The quantitative estimate of drug-likeness (QED) is 0.0167. The van der Waals surface area contributed by atoms with Crippen LogP contribution in [0.5, 0.6) is 5.75 Å². The number of nitrogens with one attached hydrogen (secondary N) is 13. The Morgan fingerprint density at radius 3 is 1.83 bits per heavy atom. The molecule has 0 spiro atoms. The molecule has 1 fully saturated rings. The van der Waals surface area contributed by atoms with Gasteiger partial charge in [0.1, 0.15) is 71.7 Å². The first kappa shape index (κ1) is 90.6. The first-order chi connectivity index (χ1) is 54.1. The number of unbranched alkanes of at least 4 members (excludes halogenated alkanes) is 1. The van der Waals surface area contributed by atoms with Gasteiger partial charge >= 0.3 is 5.97 Å². The summed E-state index contributed by atoms with van der Waals surface area (Å²) in [5.41, 5.74) is 27.4. The van der Waals surface area contributed by atoms with Crippen LogP contribution in [0.4, 0.5) is 0 Å². The summed E-state index contributed by atoms with van der Waals surface area (Å²) < 4.78 is 5.39. The molecule has 0 bridgehead atoms. The fourth-order valence-corrected chi connectivity index (χ4v) is 13.3. The van der Waals surface area contributed by atoms with Crippen LogP contribution < -0.4 is 97.2 Å². The molecular weight excluding hydrogens is 1500 g/mol. The number of carboxylic acid groups (broad SMARTS) is 1. The zero-order chi connectivity index (χ0) is 83.9. The number of carbonyl (C=O) groups excluding carboxylic acids is 16. The summed E-state index contributed by atoms with van der Waals surface area (Å²) >= 11 is 0.919. The van der Waals surface area contributed by atoms with E-state index in [1.165, 1.54) is 14.0 Å². The summed E-state index contributed by atoms with van der Waals surface area (Å²) in [6.45, 7) is 2.88. The van der Waals surface area contributed by atoms with Gasteiger partial charge in [-0.25, -0.2) is 0 Å². The lowest BCUT2D eigenvalue weighted by molar-refractivity contribution is -0.140. The minimum atomic E-state index is -2.08. The van der Waals surface area contributed by atoms with Crippen LogP contribution in [0.1, 0.15) is 108 Å². The normalized spacial score (nSPS) is 19.1. The highest BCUT2D eigenvalue weighted by atomic mass is 32.2. The Balaban J connectivity index is 1.45. The zero-order valence-corrected chi connectivity index (χ0v) is 64.2. The van der Waals surface area contributed by atoms with Crippen molar-refractivity contribution in [3.8, 4) is 5.75 Å². The van der Waals surface area contributed by atoms with Gasteiger partial charge in [-0.1, -0.05) is 72.8 Å². The smallest absolute Gasteiger partial charge is 0.303 e. The molecule has 0 unspecified atom stereocenters. The molecule has 12 atom stereocenters. The van der Waals surface area contributed by atoms with Crippen LogP contribution in [0, 0.1) is 0 Å². The van der Waals surface area contributed by atoms with E-state index in [9.17, 15) is 72.5 Å². The molecule has 6 rings (SSSR count). The number of nitrogens with two attached hydrogens (primary N) is 5. The molecule has 2 heterocycles. The SMILES string of the molecule is COc1ccc(C[C@H](NC(=O)[C@@H]2CSCC[C@H](NC(C)=O)C(=O)N[C@@H](CCC(N)=O)C(=O)N[C@@H]([C@@H](C)O)C(=O)N[C@@H](Cc3c[nH]c4ccccc34)C(=O)N[C@@H](CCC(N)=O)C(=O)N2)C(=O)N[C@@H](Cc2ccc3ccccc3c2)C(=O)N[C@@](C)(CCCCN)C(=O)N[C@@H](CCC(=O)O)C(=O)N[C@@H](CC(N)=O)C(=O)NCC(N)=O)cc1. The summed E-state index contributed by atoms with van der Waals surface area (Å²) in [7, 11) is 1.40. The second kappa shape index (κ2) is 44.1. The number of thioether (sulfide) groups is 1. The summed E-state index contributed by atoms with van der Waals surface area (Å²) in [6, 6.07) is 8.18. The van der Waals surface area contributed by atoms with Crippen molar-refractivity contribution in [3.05, 3.63) is 114 Å². The fourth-order valence-electron chi connectivity index (χ4n) is 12.3. The number of ether oxygens (including phenoxy) is 1. The molecule has 4 aromatic carbocycles. The van der Waals surface area contributed by atoms with E-state index in [2.05, 4.69) is 68.8 Å². The van der Waals surface area contributed by atoms with Crippen LogP contribution in [0.2, 0.25) is 0 Å². The molecule has 1 aliphatic rings. The molecular formula is C75H100N18O20S. The average Bonchev–Trinajstić information content (AvgIpc) is 1.46. The van der Waals surface area contributed by atoms with Gasteiger partial charge in [-0.05, 0) is 117 Å². The topological polar surface area (TPSA) is 630 Å². The number of rotatable bonds is 37. The van der Waals surface area contributed by atoms with E-state index < -0.39 is 230 Å². The van der Waals surface area contributed by atoms with Crippen molar-refractivity contribution in [2.75, 3.05) is 31.7 Å². The highest BCUT2D eigenvalue weighted by Gasteiger charge is 2.42. The number of H-pyrrole nitrogens is 1. The number of amides is 16. The van der Waals surface area contributed by atoms with E-state index in [1.807, 2.05) is 6.07 Å². The van der Waals surface area contributed by atoms with E-state index in [-0.39, 0.29) is 57.2 Å². The number of aliphatic hydroxyl groups excluding tert-OH is 1. The molecule has 1 saturated heterocycles. The molecule has 5 aromatic rings. The number of hydrogen-bond acceptors (Lipinski definition) is 21. The lowest BCUT2D eigenvalue weighted by Crippen LogP contribution is -2.64. The number of aliphatic carboxylic acids is 1. The summed E-state index contributed by atoms with van der Waals surface area (Å²) in [4.78, 5) is 238. The summed E-state index contributed by atoms with van der Waals surface area (Å²) in [6.07, 6.45) is -5.61. The summed E-state index contributed by atoms with van der Waals surface area (Å²) in [5, 5.41) is 53.1. The van der Waals surface area contributed by atoms with Gasteiger partial charge in [0.2, 0.25) is 94.5 Å². The Bertz CT molecular complexity index is 4330. The number of para-hydroxylation sites is 1. The number of benzene rings is 4. The lowest BCUT2D eigenvalue weighted by Gasteiger charge is -2.34. The molecule has 38 nitrogen and oxygen atoms in total. The number of carboxylic acids is 1. The number of methoxy groups -OCH3 is 1. The Kier molecular flexibility index (Phi) is 35.1. The van der Waals surface area contributed by atoms with Gasteiger partial charge in [-0.15, -0.1) is 0 Å². The van der Waals surface area contributed by atoms with Crippen LogP contribution in [0.15, 0.2) is 97.2 Å². The molecule has 616 valence electrons.